The molecule has 0 spiro atoms. The maximum absolute atomic E-state index is 12.6. The first-order valence-electron chi connectivity index (χ1n) is 10.1. The average molecular weight is 443 g/mol. The van der Waals surface area contributed by atoms with Gasteiger partial charge in [-0.2, -0.15) is 13.2 Å². The molecular weight excluding hydrogens is 415 g/mol. The smallest absolute Gasteiger partial charge is 0.416 e. The molecule has 1 saturated heterocycles. The standard InChI is InChI=1S/C21H28F3N3O4/c1-20(2,3)31-19(30)25-11-8-17(28)27-12-9-16(10-13-27)26-18(29)14-4-6-15(7-5-14)21(22,23)24/h4-7,16H,8-13H2,1-3H3,(H,25,30)(H,26,29). The van der Waals surface area contributed by atoms with Crippen molar-refractivity contribution in [3.63, 3.8) is 0 Å². The summed E-state index contributed by atoms with van der Waals surface area (Å²) in [5.74, 6) is -0.552. The number of carbonyl (C=O) groups is 3. The number of nitrogens with zero attached hydrogens (tertiary/aromatic N) is 1. The monoisotopic (exact) mass is 443 g/mol. The van der Waals surface area contributed by atoms with E-state index in [1.165, 1.54) is 0 Å². The minimum absolute atomic E-state index is 0.108. The van der Waals surface area contributed by atoms with Gasteiger partial charge in [0.2, 0.25) is 5.91 Å². The first kappa shape index (κ1) is 24.5. The van der Waals surface area contributed by atoms with E-state index in [-0.39, 0.29) is 30.5 Å². The minimum atomic E-state index is -4.45. The van der Waals surface area contributed by atoms with Gasteiger partial charge in [0.25, 0.3) is 5.91 Å². The van der Waals surface area contributed by atoms with Gasteiger partial charge >= 0.3 is 12.3 Å². The Morgan fingerprint density at radius 2 is 1.65 bits per heavy atom. The molecule has 7 nitrogen and oxygen atoms in total. The van der Waals surface area contributed by atoms with Gasteiger partial charge in [0.05, 0.1) is 5.56 Å². The lowest BCUT2D eigenvalue weighted by molar-refractivity contribution is -0.137. The van der Waals surface area contributed by atoms with Gasteiger partial charge < -0.3 is 20.3 Å². The number of benzene rings is 1. The lowest BCUT2D eigenvalue weighted by Crippen LogP contribution is -2.47. The third-order valence-electron chi connectivity index (χ3n) is 4.66. The summed E-state index contributed by atoms with van der Waals surface area (Å²) in [6.07, 6.45) is -3.81. The molecule has 3 amide bonds. The molecule has 0 radical (unpaired) electrons. The summed E-state index contributed by atoms with van der Waals surface area (Å²) >= 11 is 0. The number of carbonyl (C=O) groups excluding carboxylic acids is 3. The number of ether oxygens (including phenoxy) is 1. The van der Waals surface area contributed by atoms with Crippen molar-refractivity contribution in [1.29, 1.82) is 0 Å². The fourth-order valence-electron chi connectivity index (χ4n) is 3.10. The summed E-state index contributed by atoms with van der Waals surface area (Å²) in [6, 6.07) is 3.88. The Balaban J connectivity index is 1.72. The van der Waals surface area contributed by atoms with Crippen molar-refractivity contribution in [2.24, 2.45) is 0 Å². The fourth-order valence-corrected chi connectivity index (χ4v) is 3.10. The van der Waals surface area contributed by atoms with Crippen LogP contribution in [-0.4, -0.2) is 54.1 Å². The lowest BCUT2D eigenvalue weighted by Gasteiger charge is -2.32. The van der Waals surface area contributed by atoms with Gasteiger partial charge in [-0.3, -0.25) is 9.59 Å². The van der Waals surface area contributed by atoms with Crippen molar-refractivity contribution in [1.82, 2.24) is 15.5 Å². The Labute approximate surface area is 179 Å². The van der Waals surface area contributed by atoms with Crippen LogP contribution in [0.2, 0.25) is 0 Å². The van der Waals surface area contributed by atoms with Crippen LogP contribution in [0.4, 0.5) is 18.0 Å². The number of halogens is 3. The second-order valence-corrected chi connectivity index (χ2v) is 8.38. The van der Waals surface area contributed by atoms with Crippen molar-refractivity contribution < 1.29 is 32.3 Å². The van der Waals surface area contributed by atoms with Gasteiger partial charge in [-0.25, -0.2) is 4.79 Å². The molecule has 1 aliphatic rings. The highest BCUT2D eigenvalue weighted by molar-refractivity contribution is 5.94. The van der Waals surface area contributed by atoms with Crippen LogP contribution in [0, 0.1) is 0 Å². The fraction of sp³-hybridized carbons (Fsp3) is 0.571. The van der Waals surface area contributed by atoms with Crippen LogP contribution in [0.25, 0.3) is 0 Å². The van der Waals surface area contributed by atoms with Crippen LogP contribution in [0.1, 0.15) is 56.0 Å². The Bertz CT molecular complexity index is 781. The van der Waals surface area contributed by atoms with Crippen LogP contribution < -0.4 is 10.6 Å². The molecule has 0 unspecified atom stereocenters. The maximum Gasteiger partial charge on any atom is 0.416 e. The van der Waals surface area contributed by atoms with E-state index >= 15 is 0 Å². The van der Waals surface area contributed by atoms with Gasteiger partial charge in [-0.15, -0.1) is 0 Å². The highest BCUT2D eigenvalue weighted by Crippen LogP contribution is 2.29. The van der Waals surface area contributed by atoms with Crippen molar-refractivity contribution in [3.8, 4) is 0 Å². The van der Waals surface area contributed by atoms with Crippen LogP contribution >= 0.6 is 0 Å². The molecule has 1 fully saturated rings. The molecule has 31 heavy (non-hydrogen) atoms. The molecule has 2 rings (SSSR count). The number of hydrogen-bond acceptors (Lipinski definition) is 4. The molecule has 0 saturated carbocycles. The summed E-state index contributed by atoms with van der Waals surface area (Å²) in [7, 11) is 0. The minimum Gasteiger partial charge on any atom is -0.444 e. The van der Waals surface area contributed by atoms with E-state index in [9.17, 15) is 27.6 Å². The van der Waals surface area contributed by atoms with Crippen molar-refractivity contribution >= 4 is 17.9 Å². The number of nitrogens with one attached hydrogen (secondary N) is 2. The lowest BCUT2D eigenvalue weighted by atomic mass is 10.0. The van der Waals surface area contributed by atoms with E-state index in [0.717, 1.165) is 24.3 Å². The van der Waals surface area contributed by atoms with Crippen LogP contribution in [0.5, 0.6) is 0 Å². The van der Waals surface area contributed by atoms with E-state index in [2.05, 4.69) is 10.6 Å². The number of likely N-dealkylation sites (tertiary alicyclic amines) is 1. The molecule has 0 bridgehead atoms. The van der Waals surface area contributed by atoms with Crippen molar-refractivity contribution in [2.45, 2.75) is 57.9 Å². The number of rotatable bonds is 5. The van der Waals surface area contributed by atoms with Gasteiger partial charge in [0, 0.05) is 37.7 Å². The Hall–Kier alpha value is -2.78. The molecule has 1 aromatic carbocycles. The van der Waals surface area contributed by atoms with Gasteiger partial charge in [0.15, 0.2) is 0 Å². The molecule has 1 aliphatic heterocycles. The predicted octanol–water partition coefficient (Wildman–Crippen LogP) is 3.34. The van der Waals surface area contributed by atoms with Crippen molar-refractivity contribution in [2.75, 3.05) is 19.6 Å². The molecule has 172 valence electrons. The van der Waals surface area contributed by atoms with Gasteiger partial charge in [-0.1, -0.05) is 0 Å². The number of amides is 3. The third-order valence-corrected chi connectivity index (χ3v) is 4.66. The quantitative estimate of drug-likeness (QED) is 0.731. The molecule has 0 aliphatic carbocycles. The van der Waals surface area contributed by atoms with E-state index in [1.807, 2.05) is 0 Å². The summed E-state index contributed by atoms with van der Waals surface area (Å²) < 4.78 is 43.0. The molecule has 0 aromatic heterocycles. The molecule has 0 atom stereocenters. The number of hydrogen-bond donors (Lipinski definition) is 2. The molecule has 10 heteroatoms. The highest BCUT2D eigenvalue weighted by atomic mass is 19.4. The Morgan fingerprint density at radius 3 is 2.16 bits per heavy atom. The first-order chi connectivity index (χ1) is 14.3. The second kappa shape index (κ2) is 10.0. The first-order valence-corrected chi connectivity index (χ1v) is 10.1. The molecular formula is C21H28F3N3O4. The van der Waals surface area contributed by atoms with E-state index < -0.39 is 29.3 Å². The summed E-state index contributed by atoms with van der Waals surface area (Å²) in [4.78, 5) is 37.8. The van der Waals surface area contributed by atoms with Gasteiger partial charge in [-0.05, 0) is 57.9 Å². The van der Waals surface area contributed by atoms with Crippen molar-refractivity contribution in [3.05, 3.63) is 35.4 Å². The predicted molar refractivity (Wildman–Crippen MR) is 107 cm³/mol. The molecule has 2 N–H and O–H groups in total. The SMILES string of the molecule is CC(C)(C)OC(=O)NCCC(=O)N1CCC(NC(=O)c2ccc(C(F)(F)F)cc2)CC1. The van der Waals surface area contributed by atoms with Crippen LogP contribution in [0.3, 0.4) is 0 Å². The van der Waals surface area contributed by atoms with E-state index in [0.29, 0.717) is 25.9 Å². The van der Waals surface area contributed by atoms with Crippen LogP contribution in [0.15, 0.2) is 24.3 Å². The second-order valence-electron chi connectivity index (χ2n) is 8.38. The zero-order chi connectivity index (χ0) is 23.2. The number of alkyl carbamates (subject to hydrolysis) is 1. The van der Waals surface area contributed by atoms with Crippen LogP contribution in [-0.2, 0) is 15.7 Å². The Kier molecular flexibility index (Phi) is 7.91. The topological polar surface area (TPSA) is 87.7 Å². The summed E-state index contributed by atoms with van der Waals surface area (Å²) in [6.45, 7) is 6.31. The normalized spacial score (nSPS) is 15.4. The number of piperidine rings is 1. The largest absolute Gasteiger partial charge is 0.444 e. The van der Waals surface area contributed by atoms with Gasteiger partial charge in [0.1, 0.15) is 5.60 Å². The zero-order valence-electron chi connectivity index (χ0n) is 17.8. The number of alkyl halides is 3. The molecule has 1 aromatic rings. The average Bonchev–Trinajstić information content (AvgIpc) is 2.66. The zero-order valence-corrected chi connectivity index (χ0v) is 17.8. The summed E-state index contributed by atoms with van der Waals surface area (Å²) in [5.41, 5.74) is -1.27. The maximum atomic E-state index is 12.6. The summed E-state index contributed by atoms with van der Waals surface area (Å²) in [5, 5.41) is 5.34. The highest BCUT2D eigenvalue weighted by Gasteiger charge is 2.30. The van der Waals surface area contributed by atoms with E-state index in [1.54, 1.807) is 25.7 Å². The molecule has 1 heterocycles. The Morgan fingerprint density at radius 1 is 1.06 bits per heavy atom. The third kappa shape index (κ3) is 8.10. The van der Waals surface area contributed by atoms with E-state index in [4.69, 9.17) is 4.74 Å².